The highest BCUT2D eigenvalue weighted by Crippen LogP contribution is 2.30. The van der Waals surface area contributed by atoms with Crippen LogP contribution in [-0.4, -0.2) is 58.4 Å². The number of carbonyl (C=O) groups is 3. The molecule has 240 valence electrons. The van der Waals surface area contributed by atoms with Crippen molar-refractivity contribution in [3.8, 4) is 0 Å². The van der Waals surface area contributed by atoms with Crippen LogP contribution in [0.3, 0.4) is 0 Å². The highest BCUT2D eigenvalue weighted by Gasteiger charge is 2.31. The molecule has 1 unspecified atom stereocenters. The molecular weight excluding hydrogens is 603 g/mol. The van der Waals surface area contributed by atoms with Crippen LogP contribution in [0, 0.1) is 0 Å². The monoisotopic (exact) mass is 635 g/mol. The number of nitrogens with one attached hydrogen (secondary N) is 1. The summed E-state index contributed by atoms with van der Waals surface area (Å²) < 4.78 is 46.0. The second-order valence-electron chi connectivity index (χ2n) is 11.0. The van der Waals surface area contributed by atoms with Crippen LogP contribution < -0.4 is 15.8 Å². The maximum atomic E-state index is 13.4. The first kappa shape index (κ1) is 32.2. The summed E-state index contributed by atoms with van der Waals surface area (Å²) in [7, 11) is 0. The number of anilines is 1. The van der Waals surface area contributed by atoms with Crippen molar-refractivity contribution >= 4 is 34.4 Å². The van der Waals surface area contributed by atoms with Gasteiger partial charge in [0.2, 0.25) is 11.8 Å². The Kier molecular flexibility index (Phi) is 9.69. The minimum atomic E-state index is -4.56. The predicted octanol–water partition coefficient (Wildman–Crippen LogP) is 4.07. The lowest BCUT2D eigenvalue weighted by molar-refractivity contribution is -0.146. The van der Waals surface area contributed by atoms with Crippen LogP contribution in [-0.2, 0) is 38.4 Å². The molecule has 3 aromatic carbocycles. The number of carbonyl (C=O) groups excluding carboxylic acids is 3. The van der Waals surface area contributed by atoms with E-state index in [1.807, 2.05) is 12.1 Å². The number of hydrogen-bond donors (Lipinski definition) is 1. The molecule has 1 N–H and O–H groups in total. The lowest BCUT2D eigenvalue weighted by Crippen LogP contribution is -2.48. The fourth-order valence-electron chi connectivity index (χ4n) is 5.25. The molecule has 1 saturated heterocycles. The van der Waals surface area contributed by atoms with Gasteiger partial charge in [-0.15, -0.1) is 0 Å². The minimum Gasteiger partial charge on any atom is -0.461 e. The summed E-state index contributed by atoms with van der Waals surface area (Å²) in [5, 5.41) is 2.97. The molecule has 0 saturated carbocycles. The van der Waals surface area contributed by atoms with Gasteiger partial charge in [-0.05, 0) is 41.5 Å². The number of hydrogen-bond acceptors (Lipinski definition) is 7. The van der Waals surface area contributed by atoms with E-state index in [2.05, 4.69) is 15.2 Å². The normalized spacial score (nSPS) is 14.2. The fraction of sp³-hybridized carbons (Fsp3) is 0.303. The Balaban J connectivity index is 1.31. The second kappa shape index (κ2) is 13.8. The minimum absolute atomic E-state index is 0.00756. The molecule has 4 aromatic rings. The molecule has 2 heterocycles. The van der Waals surface area contributed by atoms with Gasteiger partial charge in [0.05, 0.1) is 35.3 Å². The van der Waals surface area contributed by atoms with Crippen LogP contribution in [0.1, 0.15) is 36.1 Å². The molecular formula is C33H32F3N5O5. The Labute approximate surface area is 262 Å². The zero-order valence-corrected chi connectivity index (χ0v) is 25.0. The van der Waals surface area contributed by atoms with Crippen LogP contribution in [0.2, 0.25) is 0 Å². The van der Waals surface area contributed by atoms with Crippen molar-refractivity contribution in [3.05, 3.63) is 106 Å². The van der Waals surface area contributed by atoms with E-state index in [4.69, 9.17) is 4.74 Å². The maximum Gasteiger partial charge on any atom is 0.416 e. The van der Waals surface area contributed by atoms with Crippen molar-refractivity contribution in [3.63, 3.8) is 0 Å². The van der Waals surface area contributed by atoms with E-state index in [0.29, 0.717) is 37.1 Å². The van der Waals surface area contributed by atoms with E-state index in [1.54, 1.807) is 41.3 Å². The SMILES string of the molecule is CC(=O)N1CCN(c2ccc3ncn(CC(=O)NC(CC(=O)OCc4ccccc4)c4ccc(C(F)(F)F)cc4)c(=O)c3c2)CC1. The average Bonchev–Trinajstić information content (AvgIpc) is 3.05. The topological polar surface area (TPSA) is 114 Å². The third-order valence-corrected chi connectivity index (χ3v) is 7.80. The highest BCUT2D eigenvalue weighted by molar-refractivity contribution is 5.83. The van der Waals surface area contributed by atoms with E-state index in [1.165, 1.54) is 25.4 Å². The fourth-order valence-corrected chi connectivity index (χ4v) is 5.25. The molecule has 0 bridgehead atoms. The van der Waals surface area contributed by atoms with E-state index in [0.717, 1.165) is 28.0 Å². The molecule has 1 aliphatic heterocycles. The summed E-state index contributed by atoms with van der Waals surface area (Å²) in [5.41, 5.74) is 0.900. The first-order valence-electron chi connectivity index (χ1n) is 14.6. The number of esters is 1. The van der Waals surface area contributed by atoms with Gasteiger partial charge in [-0.1, -0.05) is 42.5 Å². The van der Waals surface area contributed by atoms with Crippen molar-refractivity contribution in [2.45, 2.75) is 38.7 Å². The molecule has 2 amide bonds. The number of benzene rings is 3. The number of nitrogens with zero attached hydrogens (tertiary/aromatic N) is 4. The number of fused-ring (bicyclic) bond motifs is 1. The highest BCUT2D eigenvalue weighted by atomic mass is 19.4. The number of aromatic nitrogens is 2. The lowest BCUT2D eigenvalue weighted by Gasteiger charge is -2.35. The third-order valence-electron chi connectivity index (χ3n) is 7.80. The van der Waals surface area contributed by atoms with E-state index >= 15 is 0 Å². The lowest BCUT2D eigenvalue weighted by atomic mass is 10.0. The number of piperazine rings is 1. The predicted molar refractivity (Wildman–Crippen MR) is 164 cm³/mol. The smallest absolute Gasteiger partial charge is 0.416 e. The zero-order valence-electron chi connectivity index (χ0n) is 25.0. The Hall–Kier alpha value is -5.20. The van der Waals surface area contributed by atoms with Gasteiger partial charge < -0.3 is 19.9 Å². The average molecular weight is 636 g/mol. The Morgan fingerprint density at radius 2 is 1.65 bits per heavy atom. The molecule has 10 nitrogen and oxygen atoms in total. The summed E-state index contributed by atoms with van der Waals surface area (Å²) in [6, 6.07) is 17.3. The van der Waals surface area contributed by atoms with Gasteiger partial charge in [-0.3, -0.25) is 23.7 Å². The van der Waals surface area contributed by atoms with E-state index in [-0.39, 0.29) is 24.5 Å². The molecule has 5 rings (SSSR count). The van der Waals surface area contributed by atoms with E-state index in [9.17, 15) is 32.3 Å². The Morgan fingerprint density at radius 1 is 0.957 bits per heavy atom. The van der Waals surface area contributed by atoms with Crippen molar-refractivity contribution in [2.75, 3.05) is 31.1 Å². The molecule has 1 aromatic heterocycles. The summed E-state index contributed by atoms with van der Waals surface area (Å²) in [5.74, 6) is -1.32. The molecule has 1 atom stereocenters. The molecule has 0 spiro atoms. The molecule has 1 aliphatic rings. The van der Waals surface area contributed by atoms with Gasteiger partial charge in [0.25, 0.3) is 5.56 Å². The summed E-state index contributed by atoms with van der Waals surface area (Å²) in [6.07, 6.45) is -3.66. The molecule has 0 radical (unpaired) electrons. The van der Waals surface area contributed by atoms with Gasteiger partial charge in [0.15, 0.2) is 0 Å². The van der Waals surface area contributed by atoms with Crippen molar-refractivity contribution in [1.82, 2.24) is 19.8 Å². The molecule has 0 aliphatic carbocycles. The molecule has 13 heteroatoms. The first-order chi connectivity index (χ1) is 22.0. The van der Waals surface area contributed by atoms with Crippen molar-refractivity contribution in [2.24, 2.45) is 0 Å². The molecule has 46 heavy (non-hydrogen) atoms. The van der Waals surface area contributed by atoms with Crippen molar-refractivity contribution < 1.29 is 32.3 Å². The number of halogens is 3. The second-order valence-corrected chi connectivity index (χ2v) is 11.0. The maximum absolute atomic E-state index is 13.4. The number of ether oxygens (including phenoxy) is 1. The first-order valence-corrected chi connectivity index (χ1v) is 14.6. The van der Waals surface area contributed by atoms with Crippen LogP contribution in [0.5, 0.6) is 0 Å². The van der Waals surface area contributed by atoms with Gasteiger partial charge in [-0.2, -0.15) is 13.2 Å². The van der Waals surface area contributed by atoms with Gasteiger partial charge in [0, 0.05) is 38.8 Å². The quantitative estimate of drug-likeness (QED) is 0.276. The largest absolute Gasteiger partial charge is 0.461 e. The van der Waals surface area contributed by atoms with E-state index < -0.39 is 41.8 Å². The number of alkyl halides is 3. The Bertz CT molecular complexity index is 1770. The van der Waals surface area contributed by atoms with Gasteiger partial charge in [-0.25, -0.2) is 4.98 Å². The van der Waals surface area contributed by atoms with Crippen LogP contribution in [0.15, 0.2) is 83.9 Å². The zero-order chi connectivity index (χ0) is 32.8. The standard InChI is InChI=1S/C33H32F3N5O5/c1-22(42)39-13-15-40(16-14-39)26-11-12-28-27(17-26)32(45)41(21-37-28)19-30(43)38-29(24-7-9-25(10-8-24)33(34,35)36)18-31(44)46-20-23-5-3-2-4-6-23/h2-12,17,21,29H,13-16,18-20H2,1H3,(H,38,43). The Morgan fingerprint density at radius 3 is 2.30 bits per heavy atom. The number of rotatable bonds is 9. The van der Waals surface area contributed by atoms with Gasteiger partial charge in [0.1, 0.15) is 13.2 Å². The van der Waals surface area contributed by atoms with Crippen molar-refractivity contribution in [1.29, 1.82) is 0 Å². The third kappa shape index (κ3) is 7.89. The van der Waals surface area contributed by atoms with Gasteiger partial charge >= 0.3 is 12.1 Å². The van der Waals surface area contributed by atoms with Crippen LogP contribution in [0.4, 0.5) is 18.9 Å². The summed E-state index contributed by atoms with van der Waals surface area (Å²) in [6.45, 7) is 3.39. The molecule has 1 fully saturated rings. The van der Waals surface area contributed by atoms with Crippen LogP contribution >= 0.6 is 0 Å². The number of amides is 2. The van der Waals surface area contributed by atoms with Crippen LogP contribution in [0.25, 0.3) is 10.9 Å². The summed E-state index contributed by atoms with van der Waals surface area (Å²) >= 11 is 0. The summed E-state index contributed by atoms with van der Waals surface area (Å²) in [4.78, 5) is 59.2.